The summed E-state index contributed by atoms with van der Waals surface area (Å²) >= 11 is 6.19. The van der Waals surface area contributed by atoms with Gasteiger partial charge in [0.05, 0.1) is 29.7 Å². The van der Waals surface area contributed by atoms with Gasteiger partial charge >= 0.3 is 0 Å². The zero-order valence-corrected chi connectivity index (χ0v) is 19.9. The molecule has 1 atom stereocenters. The number of unbranched alkanes of at least 4 members (excludes halogenated alkanes) is 1. The van der Waals surface area contributed by atoms with Crippen molar-refractivity contribution < 1.29 is 9.53 Å². The van der Waals surface area contributed by atoms with Crippen LogP contribution in [0.5, 0.6) is 5.75 Å². The number of fused-ring (bicyclic) bond motifs is 1. The van der Waals surface area contributed by atoms with E-state index in [1.54, 1.807) is 42.0 Å². The maximum absolute atomic E-state index is 13.6. The van der Waals surface area contributed by atoms with Crippen LogP contribution in [0, 0.1) is 0 Å². The summed E-state index contributed by atoms with van der Waals surface area (Å²) in [6, 6.07) is 11.9. The summed E-state index contributed by atoms with van der Waals surface area (Å²) < 4.78 is 6.86. The molecule has 3 rings (SSSR count). The van der Waals surface area contributed by atoms with Gasteiger partial charge in [-0.15, -0.1) is 0 Å². The van der Waals surface area contributed by atoms with Gasteiger partial charge in [-0.1, -0.05) is 31.9 Å². The highest BCUT2D eigenvalue weighted by Crippen LogP contribution is 2.26. The Bertz CT molecular complexity index is 1140. The van der Waals surface area contributed by atoms with E-state index in [2.05, 4.69) is 6.92 Å². The van der Waals surface area contributed by atoms with E-state index in [4.69, 9.17) is 21.3 Å². The number of aromatic nitrogens is 2. The minimum Gasteiger partial charge on any atom is -0.497 e. The lowest BCUT2D eigenvalue weighted by atomic mass is 10.1. The molecule has 1 aromatic heterocycles. The number of rotatable bonds is 9. The molecule has 0 radical (unpaired) electrons. The van der Waals surface area contributed by atoms with Crippen LogP contribution in [0.1, 0.15) is 58.3 Å². The number of carbonyl (C=O) groups is 1. The summed E-state index contributed by atoms with van der Waals surface area (Å²) in [5, 5.41) is 0.983. The second-order valence-electron chi connectivity index (χ2n) is 7.84. The van der Waals surface area contributed by atoms with E-state index in [1.807, 2.05) is 30.9 Å². The van der Waals surface area contributed by atoms with Crippen LogP contribution in [-0.2, 0) is 4.79 Å². The molecule has 2 aromatic carbocycles. The largest absolute Gasteiger partial charge is 0.497 e. The molecule has 0 bridgehead atoms. The van der Waals surface area contributed by atoms with Crippen molar-refractivity contribution in [3.05, 3.63) is 63.7 Å². The zero-order valence-electron chi connectivity index (χ0n) is 19.1. The van der Waals surface area contributed by atoms with Crippen molar-refractivity contribution in [3.8, 4) is 11.4 Å². The van der Waals surface area contributed by atoms with E-state index in [0.29, 0.717) is 46.2 Å². The first-order valence-electron chi connectivity index (χ1n) is 11.1. The molecule has 0 spiro atoms. The van der Waals surface area contributed by atoms with E-state index in [-0.39, 0.29) is 11.5 Å². The molecular weight excluding hydrogens is 426 g/mol. The lowest BCUT2D eigenvalue weighted by Gasteiger charge is -2.30. The van der Waals surface area contributed by atoms with Gasteiger partial charge in [0.1, 0.15) is 11.6 Å². The molecule has 0 aliphatic heterocycles. The number of hydrogen-bond donors (Lipinski definition) is 0. The summed E-state index contributed by atoms with van der Waals surface area (Å²) in [7, 11) is 1.60. The molecule has 0 aliphatic rings. The van der Waals surface area contributed by atoms with E-state index in [9.17, 15) is 9.59 Å². The number of hydrogen-bond acceptors (Lipinski definition) is 4. The smallest absolute Gasteiger partial charge is 0.266 e. The van der Waals surface area contributed by atoms with Crippen molar-refractivity contribution >= 4 is 28.4 Å². The van der Waals surface area contributed by atoms with Crippen LogP contribution in [0.2, 0.25) is 5.02 Å². The maximum atomic E-state index is 13.6. The van der Waals surface area contributed by atoms with Gasteiger partial charge in [-0.2, -0.15) is 0 Å². The molecular formula is C25H30ClN3O3. The quantitative estimate of drug-likeness (QED) is 0.425. The first-order chi connectivity index (χ1) is 15.4. The number of nitrogens with zero attached hydrogens (tertiary/aromatic N) is 3. The van der Waals surface area contributed by atoms with Crippen LogP contribution in [0.15, 0.2) is 47.3 Å². The Labute approximate surface area is 193 Å². The molecule has 1 amide bonds. The van der Waals surface area contributed by atoms with E-state index >= 15 is 0 Å². The van der Waals surface area contributed by atoms with E-state index < -0.39 is 6.04 Å². The summed E-state index contributed by atoms with van der Waals surface area (Å²) in [5.74, 6) is 1.27. The number of methoxy groups -OCH3 is 1. The van der Waals surface area contributed by atoms with Crippen molar-refractivity contribution in [3.63, 3.8) is 0 Å². The monoisotopic (exact) mass is 455 g/mol. The standard InChI is InChI=1S/C25H30ClN3O3/c1-5-7-15-28(23(30)8-6-2)17(3)24-27-22-16-18(26)9-14-21(22)25(31)29(24)19-10-12-20(32-4)13-11-19/h9-14,16-17H,5-8,15H2,1-4H3. The van der Waals surface area contributed by atoms with Gasteiger partial charge in [-0.05, 0) is 62.2 Å². The molecule has 0 N–H and O–H groups in total. The fourth-order valence-electron chi connectivity index (χ4n) is 3.80. The number of amides is 1. The van der Waals surface area contributed by atoms with E-state index in [0.717, 1.165) is 19.3 Å². The molecule has 170 valence electrons. The van der Waals surface area contributed by atoms with Crippen LogP contribution < -0.4 is 10.3 Å². The summed E-state index contributed by atoms with van der Waals surface area (Å²) in [6.45, 7) is 6.63. The van der Waals surface area contributed by atoms with Gasteiger partial charge in [-0.3, -0.25) is 14.2 Å². The lowest BCUT2D eigenvalue weighted by Crippen LogP contribution is -2.38. The predicted molar refractivity (Wildman–Crippen MR) is 129 cm³/mol. The summed E-state index contributed by atoms with van der Waals surface area (Å²) in [6.07, 6.45) is 3.07. The highest BCUT2D eigenvalue weighted by atomic mass is 35.5. The van der Waals surface area contributed by atoms with Crippen LogP contribution in [0.4, 0.5) is 0 Å². The Kier molecular flexibility index (Phi) is 7.91. The molecule has 6 nitrogen and oxygen atoms in total. The van der Waals surface area contributed by atoms with Gasteiger partial charge in [0.2, 0.25) is 5.91 Å². The van der Waals surface area contributed by atoms with Crippen LogP contribution in [0.3, 0.4) is 0 Å². The second-order valence-corrected chi connectivity index (χ2v) is 8.27. The Morgan fingerprint density at radius 2 is 1.88 bits per heavy atom. The van der Waals surface area contributed by atoms with Crippen LogP contribution >= 0.6 is 11.6 Å². The third-order valence-electron chi connectivity index (χ3n) is 5.57. The van der Waals surface area contributed by atoms with Gasteiger partial charge in [-0.25, -0.2) is 4.98 Å². The Hall–Kier alpha value is -2.86. The normalized spacial score (nSPS) is 12.0. The van der Waals surface area contributed by atoms with Crippen LogP contribution in [0.25, 0.3) is 16.6 Å². The summed E-state index contributed by atoms with van der Waals surface area (Å²) in [5.41, 5.74) is 0.991. The van der Waals surface area contributed by atoms with Crippen molar-refractivity contribution in [1.29, 1.82) is 0 Å². The molecule has 0 aliphatic carbocycles. The molecule has 0 saturated carbocycles. The van der Waals surface area contributed by atoms with Crippen molar-refractivity contribution in [2.24, 2.45) is 0 Å². The number of benzene rings is 2. The molecule has 32 heavy (non-hydrogen) atoms. The van der Waals surface area contributed by atoms with Crippen molar-refractivity contribution in [1.82, 2.24) is 14.5 Å². The number of ether oxygens (including phenoxy) is 1. The average molecular weight is 456 g/mol. The first kappa shape index (κ1) is 23.8. The highest BCUT2D eigenvalue weighted by Gasteiger charge is 2.26. The zero-order chi connectivity index (χ0) is 23.3. The minimum atomic E-state index is -0.390. The second kappa shape index (κ2) is 10.6. The van der Waals surface area contributed by atoms with Gasteiger partial charge in [0.15, 0.2) is 0 Å². The van der Waals surface area contributed by atoms with E-state index in [1.165, 1.54) is 0 Å². The van der Waals surface area contributed by atoms with Gasteiger partial charge in [0.25, 0.3) is 5.56 Å². The highest BCUT2D eigenvalue weighted by molar-refractivity contribution is 6.31. The molecule has 1 heterocycles. The predicted octanol–water partition coefficient (Wildman–Crippen LogP) is 5.54. The first-order valence-corrected chi connectivity index (χ1v) is 11.4. The third-order valence-corrected chi connectivity index (χ3v) is 5.80. The Balaban J connectivity index is 2.23. The SMILES string of the molecule is CCCCN(C(=O)CCC)C(C)c1nc2cc(Cl)ccc2c(=O)n1-c1ccc(OC)cc1. The van der Waals surface area contributed by atoms with Crippen molar-refractivity contribution in [2.75, 3.05) is 13.7 Å². The third kappa shape index (κ3) is 4.96. The molecule has 3 aromatic rings. The molecule has 7 heteroatoms. The number of halogens is 1. The topological polar surface area (TPSA) is 64.4 Å². The number of carbonyl (C=O) groups excluding carboxylic acids is 1. The van der Waals surface area contributed by atoms with Gasteiger partial charge < -0.3 is 9.64 Å². The fourth-order valence-corrected chi connectivity index (χ4v) is 3.96. The average Bonchev–Trinajstić information content (AvgIpc) is 2.79. The van der Waals surface area contributed by atoms with Gasteiger partial charge in [0, 0.05) is 18.0 Å². The summed E-state index contributed by atoms with van der Waals surface area (Å²) in [4.78, 5) is 33.2. The Morgan fingerprint density at radius 3 is 2.50 bits per heavy atom. The van der Waals surface area contributed by atoms with Crippen molar-refractivity contribution in [2.45, 2.75) is 52.5 Å². The maximum Gasteiger partial charge on any atom is 0.266 e. The Morgan fingerprint density at radius 1 is 1.16 bits per heavy atom. The minimum absolute atomic E-state index is 0.0650. The van der Waals surface area contributed by atoms with Crippen LogP contribution in [-0.4, -0.2) is 34.0 Å². The molecule has 1 unspecified atom stereocenters. The lowest BCUT2D eigenvalue weighted by molar-refractivity contribution is -0.133. The molecule has 0 saturated heterocycles. The fraction of sp³-hybridized carbons (Fsp3) is 0.400. The molecule has 0 fully saturated rings.